The van der Waals surface area contributed by atoms with E-state index in [0.29, 0.717) is 23.6 Å². The average molecular weight is 505 g/mol. The molecular formula is C26H28N6O3S. The van der Waals surface area contributed by atoms with Crippen molar-refractivity contribution < 1.29 is 13.2 Å². The van der Waals surface area contributed by atoms with Crippen LogP contribution < -0.4 is 19.8 Å². The number of pyridine rings is 2. The van der Waals surface area contributed by atoms with E-state index < -0.39 is 15.4 Å². The molecule has 2 N–H and O–H groups in total. The first-order chi connectivity index (χ1) is 17.2. The molecule has 2 aromatic heterocycles. The van der Waals surface area contributed by atoms with Crippen molar-refractivity contribution in [3.63, 3.8) is 0 Å². The summed E-state index contributed by atoms with van der Waals surface area (Å²) in [5, 5.41) is 4.48. The van der Waals surface area contributed by atoms with E-state index in [0.717, 1.165) is 78.3 Å². The number of piperidine rings is 1. The van der Waals surface area contributed by atoms with Gasteiger partial charge in [-0.05, 0) is 43.0 Å². The number of nitrogens with zero attached hydrogens (tertiary/aromatic N) is 4. The lowest BCUT2D eigenvalue weighted by atomic mass is 9.64. The maximum Gasteiger partial charge on any atom is 0.237 e. The number of benzene rings is 1. The predicted octanol–water partition coefficient (Wildman–Crippen LogP) is 2.62. The molecule has 1 amide bonds. The molecule has 4 fully saturated rings. The number of aromatic nitrogens is 2. The minimum Gasteiger partial charge on any atom is -0.352 e. The highest BCUT2D eigenvalue weighted by Crippen LogP contribution is 2.55. The number of anilines is 3. The average Bonchev–Trinajstić information content (AvgIpc) is 3.04. The number of rotatable bonds is 4. The molecule has 5 aliphatic rings. The molecule has 36 heavy (non-hydrogen) atoms. The molecule has 3 aromatic rings. The van der Waals surface area contributed by atoms with Crippen molar-refractivity contribution in [1.29, 1.82) is 0 Å². The number of hydrogen-bond donors (Lipinski definition) is 2. The number of likely N-dealkylation sites (N-methyl/N-ethyl adjacent to an activating group) is 1. The van der Waals surface area contributed by atoms with Crippen molar-refractivity contribution >= 4 is 44.0 Å². The van der Waals surface area contributed by atoms with E-state index in [1.807, 2.05) is 37.6 Å². The highest BCUT2D eigenvalue weighted by molar-refractivity contribution is 7.92. The Hall–Kier alpha value is -3.24. The van der Waals surface area contributed by atoms with Crippen molar-refractivity contribution in [3.05, 3.63) is 42.2 Å². The number of nitrogens with one attached hydrogen (secondary N) is 2. The number of amides is 1. The summed E-state index contributed by atoms with van der Waals surface area (Å²) in [5.41, 5.74) is 4.57. The number of piperazine rings is 1. The van der Waals surface area contributed by atoms with Gasteiger partial charge in [0.25, 0.3) is 0 Å². The normalized spacial score (nSPS) is 24.0. The fourth-order valence-corrected chi connectivity index (χ4v) is 7.03. The van der Waals surface area contributed by atoms with Gasteiger partial charge in [0.05, 0.1) is 34.8 Å². The Balaban J connectivity index is 1.34. The smallest absolute Gasteiger partial charge is 0.237 e. The van der Waals surface area contributed by atoms with Crippen molar-refractivity contribution in [3.8, 4) is 11.1 Å². The zero-order valence-corrected chi connectivity index (χ0v) is 21.1. The van der Waals surface area contributed by atoms with Gasteiger partial charge in [-0.25, -0.2) is 13.4 Å². The first kappa shape index (κ1) is 22.0. The summed E-state index contributed by atoms with van der Waals surface area (Å²) in [6.07, 6.45) is 8.70. The molecule has 4 aliphatic heterocycles. The van der Waals surface area contributed by atoms with Gasteiger partial charge in [0.1, 0.15) is 0 Å². The van der Waals surface area contributed by atoms with Crippen LogP contribution in [0.2, 0.25) is 0 Å². The van der Waals surface area contributed by atoms with E-state index in [-0.39, 0.29) is 5.91 Å². The Morgan fingerprint density at radius 2 is 1.83 bits per heavy atom. The van der Waals surface area contributed by atoms with Crippen molar-refractivity contribution in [2.24, 2.45) is 0 Å². The van der Waals surface area contributed by atoms with Gasteiger partial charge >= 0.3 is 0 Å². The number of carbonyl (C=O) groups excluding carboxylic acids is 1. The summed E-state index contributed by atoms with van der Waals surface area (Å²) < 4.78 is 27.1. The molecule has 2 bridgehead atoms. The molecular weight excluding hydrogens is 476 g/mol. The summed E-state index contributed by atoms with van der Waals surface area (Å²) >= 11 is 0. The van der Waals surface area contributed by atoms with Crippen LogP contribution in [0.25, 0.3) is 22.0 Å². The maximum atomic E-state index is 13.2. The van der Waals surface area contributed by atoms with E-state index in [9.17, 15) is 13.2 Å². The van der Waals surface area contributed by atoms with Crippen LogP contribution in [0.5, 0.6) is 0 Å². The van der Waals surface area contributed by atoms with Crippen LogP contribution in [-0.4, -0.2) is 62.8 Å². The second-order valence-electron chi connectivity index (χ2n) is 10.7. The van der Waals surface area contributed by atoms with Crippen LogP contribution >= 0.6 is 0 Å². The van der Waals surface area contributed by atoms with Crippen LogP contribution in [0, 0.1) is 0 Å². The highest BCUT2D eigenvalue weighted by atomic mass is 32.2. The van der Waals surface area contributed by atoms with Crippen molar-refractivity contribution in [2.45, 2.75) is 43.2 Å². The molecule has 8 rings (SSSR count). The third kappa shape index (κ3) is 3.17. The van der Waals surface area contributed by atoms with Crippen LogP contribution in [0.15, 0.2) is 36.7 Å². The van der Waals surface area contributed by atoms with Gasteiger partial charge in [-0.1, -0.05) is 12.5 Å². The molecule has 1 saturated carbocycles. The summed E-state index contributed by atoms with van der Waals surface area (Å²) in [7, 11) is -1.66. The molecule has 2 atom stereocenters. The van der Waals surface area contributed by atoms with Gasteiger partial charge in [-0.2, -0.15) is 0 Å². The van der Waals surface area contributed by atoms with Gasteiger partial charge in [-0.3, -0.25) is 14.5 Å². The van der Waals surface area contributed by atoms with E-state index in [4.69, 9.17) is 4.98 Å². The zero-order chi connectivity index (χ0) is 24.8. The Morgan fingerprint density at radius 3 is 2.50 bits per heavy atom. The Bertz CT molecular complexity index is 1530. The lowest BCUT2D eigenvalue weighted by Crippen LogP contribution is -2.67. The van der Waals surface area contributed by atoms with E-state index in [1.54, 1.807) is 4.90 Å². The highest BCUT2D eigenvalue weighted by Gasteiger charge is 2.54. The Labute approximate surface area is 210 Å². The van der Waals surface area contributed by atoms with Gasteiger partial charge < -0.3 is 15.1 Å². The number of hydrogen-bond acceptors (Lipinski definition) is 7. The van der Waals surface area contributed by atoms with E-state index >= 15 is 0 Å². The summed E-state index contributed by atoms with van der Waals surface area (Å²) in [5.74, 6) is 0.813. The quantitative estimate of drug-likeness (QED) is 0.562. The van der Waals surface area contributed by atoms with Gasteiger partial charge in [-0.15, -0.1) is 0 Å². The number of carbonyl (C=O) groups is 1. The van der Waals surface area contributed by atoms with Crippen LogP contribution in [0.4, 0.5) is 17.2 Å². The third-order valence-electron chi connectivity index (χ3n) is 8.33. The molecule has 2 unspecified atom stereocenters. The summed E-state index contributed by atoms with van der Waals surface area (Å²) in [4.78, 5) is 26.5. The standard InChI is InChI=1S/C26H28N6O3S/c1-31-22-12-27-20-5-4-15(8-19(20)23(22)26(25(31)33)6-3-7-26)16-9-21(30-36(2,34)35)24(28-11-16)32-13-17-10-18(14-32)29-17/h4-5,8-9,11-12,17-18,29-30H,3,6-7,10,13-14H2,1-2H3. The monoisotopic (exact) mass is 504 g/mol. The SMILES string of the molecule is CN1C(=O)C2(CCC2)c2c1cnc1ccc(-c3cnc(N4CC5CC(C4)N5)c(NS(C)(=O)=O)c3)cc21. The molecule has 9 nitrogen and oxygen atoms in total. The van der Waals surface area contributed by atoms with E-state index in [2.05, 4.69) is 26.0 Å². The Kier molecular flexibility index (Phi) is 4.52. The minimum atomic E-state index is -3.49. The molecule has 6 heterocycles. The fourth-order valence-electron chi connectivity index (χ4n) is 6.48. The van der Waals surface area contributed by atoms with Crippen LogP contribution in [-0.2, 0) is 20.2 Å². The lowest BCUT2D eigenvalue weighted by molar-refractivity contribution is -0.125. The summed E-state index contributed by atoms with van der Waals surface area (Å²) in [6.45, 7) is 1.61. The Morgan fingerprint density at radius 1 is 1.08 bits per heavy atom. The lowest BCUT2D eigenvalue weighted by Gasteiger charge is -2.49. The fraction of sp³-hybridized carbons (Fsp3) is 0.423. The molecule has 3 saturated heterocycles. The molecule has 186 valence electrons. The minimum absolute atomic E-state index is 0.156. The molecule has 1 aliphatic carbocycles. The van der Waals surface area contributed by atoms with Crippen molar-refractivity contribution in [1.82, 2.24) is 15.3 Å². The third-order valence-corrected chi connectivity index (χ3v) is 8.92. The van der Waals surface area contributed by atoms with Gasteiger partial charge in [0.2, 0.25) is 15.9 Å². The van der Waals surface area contributed by atoms with Crippen molar-refractivity contribution in [2.75, 3.05) is 40.9 Å². The molecule has 1 aromatic carbocycles. The number of fused-ring (bicyclic) bond motifs is 6. The van der Waals surface area contributed by atoms with Crippen LogP contribution in [0.3, 0.4) is 0 Å². The summed E-state index contributed by atoms with van der Waals surface area (Å²) in [6, 6.07) is 8.75. The maximum absolute atomic E-state index is 13.2. The number of sulfonamides is 1. The topological polar surface area (TPSA) is 108 Å². The molecule has 1 spiro atoms. The zero-order valence-electron chi connectivity index (χ0n) is 20.3. The van der Waals surface area contributed by atoms with E-state index in [1.165, 1.54) is 0 Å². The first-order valence-electron chi connectivity index (χ1n) is 12.4. The molecule has 0 radical (unpaired) electrons. The second-order valence-corrected chi connectivity index (χ2v) is 12.5. The van der Waals surface area contributed by atoms with Gasteiger partial charge in [0, 0.05) is 54.9 Å². The largest absolute Gasteiger partial charge is 0.352 e. The second kappa shape index (κ2) is 7.39. The molecule has 10 heteroatoms. The predicted molar refractivity (Wildman–Crippen MR) is 140 cm³/mol. The van der Waals surface area contributed by atoms with Crippen LogP contribution in [0.1, 0.15) is 31.2 Å². The first-order valence-corrected chi connectivity index (χ1v) is 14.3. The van der Waals surface area contributed by atoms with Gasteiger partial charge in [0.15, 0.2) is 5.82 Å².